The number of carbonyl (C=O) groups is 1. The highest BCUT2D eigenvalue weighted by Gasteiger charge is 2.18. The van der Waals surface area contributed by atoms with E-state index in [1.54, 1.807) is 37.4 Å². The molecule has 0 aliphatic rings. The number of halogens is 1. The third-order valence-electron chi connectivity index (χ3n) is 3.34. The molecule has 6 heteroatoms. The Hall–Kier alpha value is -2.55. The van der Waals surface area contributed by atoms with E-state index in [-0.39, 0.29) is 5.91 Å². The number of thiophene rings is 1. The molecular weight excluding hydrogens is 332 g/mol. The van der Waals surface area contributed by atoms with Crippen molar-refractivity contribution < 1.29 is 9.53 Å². The van der Waals surface area contributed by atoms with Crippen LogP contribution in [0.4, 0.5) is 5.69 Å². The number of ether oxygens (including phenoxy) is 1. The molecule has 0 saturated heterocycles. The number of para-hydroxylation sites is 1. The fourth-order valence-corrected chi connectivity index (χ4v) is 3.57. The van der Waals surface area contributed by atoms with Crippen molar-refractivity contribution in [3.8, 4) is 11.8 Å². The van der Waals surface area contributed by atoms with E-state index >= 15 is 0 Å². The Kier molecular flexibility index (Phi) is 4.20. The summed E-state index contributed by atoms with van der Waals surface area (Å²) in [6, 6.07) is 14.4. The lowest BCUT2D eigenvalue weighted by atomic mass is 10.2. The monoisotopic (exact) mass is 342 g/mol. The molecule has 0 saturated carbocycles. The van der Waals surface area contributed by atoms with Gasteiger partial charge in [0.05, 0.1) is 23.4 Å². The number of fused-ring (bicyclic) bond motifs is 1. The molecule has 1 aromatic heterocycles. The van der Waals surface area contributed by atoms with E-state index in [9.17, 15) is 4.79 Å². The smallest absolute Gasteiger partial charge is 0.267 e. The van der Waals surface area contributed by atoms with E-state index in [4.69, 9.17) is 21.6 Å². The summed E-state index contributed by atoms with van der Waals surface area (Å²) in [6.07, 6.45) is 0. The van der Waals surface area contributed by atoms with E-state index in [1.165, 1.54) is 11.3 Å². The quantitative estimate of drug-likeness (QED) is 0.751. The number of amides is 1. The average molecular weight is 343 g/mol. The lowest BCUT2D eigenvalue weighted by molar-refractivity contribution is 0.103. The number of carbonyl (C=O) groups excluding carboxylic acids is 1. The minimum atomic E-state index is -0.335. The zero-order valence-electron chi connectivity index (χ0n) is 12.1. The van der Waals surface area contributed by atoms with Gasteiger partial charge in [0.2, 0.25) is 0 Å². The molecule has 0 aliphatic heterocycles. The van der Waals surface area contributed by atoms with Crippen molar-refractivity contribution in [2.75, 3.05) is 12.4 Å². The minimum Gasteiger partial charge on any atom is -0.497 e. The van der Waals surface area contributed by atoms with Crippen molar-refractivity contribution >= 4 is 44.6 Å². The fourth-order valence-electron chi connectivity index (χ4n) is 2.19. The van der Waals surface area contributed by atoms with Gasteiger partial charge >= 0.3 is 0 Å². The highest BCUT2D eigenvalue weighted by molar-refractivity contribution is 7.21. The first-order valence-electron chi connectivity index (χ1n) is 6.70. The summed E-state index contributed by atoms with van der Waals surface area (Å²) in [6.45, 7) is 0. The summed E-state index contributed by atoms with van der Waals surface area (Å²) < 4.78 is 6.08. The molecule has 1 N–H and O–H groups in total. The van der Waals surface area contributed by atoms with Crippen LogP contribution in [0.2, 0.25) is 5.02 Å². The molecule has 114 valence electrons. The Labute approximate surface area is 141 Å². The topological polar surface area (TPSA) is 62.1 Å². The van der Waals surface area contributed by atoms with Crippen LogP contribution < -0.4 is 10.1 Å². The molecule has 3 aromatic rings. The molecule has 0 bridgehead atoms. The number of hydrogen-bond donors (Lipinski definition) is 1. The van der Waals surface area contributed by atoms with Crippen molar-refractivity contribution in [1.82, 2.24) is 0 Å². The summed E-state index contributed by atoms with van der Waals surface area (Å²) in [7, 11) is 1.58. The van der Waals surface area contributed by atoms with Crippen LogP contribution >= 0.6 is 22.9 Å². The van der Waals surface area contributed by atoms with Crippen LogP contribution in [-0.2, 0) is 0 Å². The number of benzene rings is 2. The number of nitriles is 1. The molecule has 0 fully saturated rings. The number of nitrogens with zero attached hydrogens (tertiary/aromatic N) is 1. The van der Waals surface area contributed by atoms with Crippen LogP contribution in [-0.4, -0.2) is 13.0 Å². The first-order chi connectivity index (χ1) is 11.1. The van der Waals surface area contributed by atoms with Gasteiger partial charge in [-0.1, -0.05) is 23.7 Å². The molecule has 23 heavy (non-hydrogen) atoms. The maximum Gasteiger partial charge on any atom is 0.267 e. The Morgan fingerprint density at radius 2 is 2.09 bits per heavy atom. The zero-order chi connectivity index (χ0) is 16.4. The largest absolute Gasteiger partial charge is 0.497 e. The molecule has 0 aliphatic carbocycles. The third kappa shape index (κ3) is 2.87. The lowest BCUT2D eigenvalue weighted by Gasteiger charge is -2.05. The minimum absolute atomic E-state index is 0.335. The average Bonchev–Trinajstić information content (AvgIpc) is 2.91. The molecule has 0 atom stereocenters. The number of hydrogen-bond acceptors (Lipinski definition) is 4. The van der Waals surface area contributed by atoms with Gasteiger partial charge < -0.3 is 10.1 Å². The highest BCUT2D eigenvalue weighted by atomic mass is 35.5. The van der Waals surface area contributed by atoms with Crippen LogP contribution in [0.1, 0.15) is 15.2 Å². The van der Waals surface area contributed by atoms with Gasteiger partial charge in [0.25, 0.3) is 5.91 Å². The van der Waals surface area contributed by atoms with E-state index in [2.05, 4.69) is 5.32 Å². The summed E-state index contributed by atoms with van der Waals surface area (Å²) in [5.74, 6) is 0.344. The maximum absolute atomic E-state index is 12.5. The molecule has 4 nitrogen and oxygen atoms in total. The Morgan fingerprint density at radius 1 is 1.30 bits per heavy atom. The van der Waals surface area contributed by atoms with Crippen molar-refractivity contribution in [3.63, 3.8) is 0 Å². The molecule has 0 spiro atoms. The van der Waals surface area contributed by atoms with Gasteiger partial charge in [-0.25, -0.2) is 0 Å². The van der Waals surface area contributed by atoms with Crippen LogP contribution in [0, 0.1) is 11.3 Å². The predicted molar refractivity (Wildman–Crippen MR) is 92.5 cm³/mol. The van der Waals surface area contributed by atoms with E-state index < -0.39 is 0 Å². The molecule has 1 heterocycles. The van der Waals surface area contributed by atoms with Gasteiger partial charge in [-0.05, 0) is 30.3 Å². The number of rotatable bonds is 3. The predicted octanol–water partition coefficient (Wildman–Crippen LogP) is 4.69. The Morgan fingerprint density at radius 3 is 2.83 bits per heavy atom. The number of methoxy groups -OCH3 is 1. The number of anilines is 1. The second kappa shape index (κ2) is 6.29. The van der Waals surface area contributed by atoms with Crippen molar-refractivity contribution in [3.05, 3.63) is 57.9 Å². The fraction of sp³-hybridized carbons (Fsp3) is 0.0588. The first kappa shape index (κ1) is 15.3. The maximum atomic E-state index is 12.5. The lowest BCUT2D eigenvalue weighted by Crippen LogP contribution is -2.11. The normalized spacial score (nSPS) is 10.3. The van der Waals surface area contributed by atoms with Gasteiger partial charge in [-0.15, -0.1) is 11.3 Å². The van der Waals surface area contributed by atoms with Crippen molar-refractivity contribution in [2.45, 2.75) is 0 Å². The molecule has 2 aromatic carbocycles. The van der Waals surface area contributed by atoms with E-state index in [0.717, 1.165) is 10.1 Å². The molecule has 1 amide bonds. The second-order valence-electron chi connectivity index (χ2n) is 4.72. The van der Waals surface area contributed by atoms with Gasteiger partial charge in [-0.3, -0.25) is 4.79 Å². The highest BCUT2D eigenvalue weighted by Crippen LogP contribution is 2.37. The van der Waals surface area contributed by atoms with Gasteiger partial charge in [0.1, 0.15) is 16.7 Å². The summed E-state index contributed by atoms with van der Waals surface area (Å²) in [4.78, 5) is 12.9. The van der Waals surface area contributed by atoms with Crippen LogP contribution in [0.5, 0.6) is 5.75 Å². The van der Waals surface area contributed by atoms with Crippen molar-refractivity contribution in [2.24, 2.45) is 0 Å². The second-order valence-corrected chi connectivity index (χ2v) is 6.15. The van der Waals surface area contributed by atoms with Gasteiger partial charge in [0.15, 0.2) is 0 Å². The molecule has 0 unspecified atom stereocenters. The summed E-state index contributed by atoms with van der Waals surface area (Å²) in [5.41, 5.74) is 0.867. The van der Waals surface area contributed by atoms with Crippen LogP contribution in [0.15, 0.2) is 42.5 Å². The Bertz CT molecular complexity index is 943. The van der Waals surface area contributed by atoms with Crippen LogP contribution in [0.25, 0.3) is 10.1 Å². The van der Waals surface area contributed by atoms with Gasteiger partial charge in [0, 0.05) is 10.1 Å². The van der Waals surface area contributed by atoms with E-state index in [1.807, 2.05) is 18.2 Å². The molecule has 3 rings (SSSR count). The van der Waals surface area contributed by atoms with Crippen molar-refractivity contribution in [1.29, 1.82) is 5.26 Å². The molecular formula is C17H11ClN2O2S. The van der Waals surface area contributed by atoms with Crippen LogP contribution in [0.3, 0.4) is 0 Å². The van der Waals surface area contributed by atoms with E-state index in [0.29, 0.717) is 26.9 Å². The standard InChI is InChI=1S/C17H11ClN2O2S/c1-22-11-6-7-14-12(8-11)15(18)16(23-14)17(21)20-13-5-3-2-4-10(13)9-19/h2-8H,1H3,(H,20,21). The summed E-state index contributed by atoms with van der Waals surface area (Å²) in [5, 5.41) is 13.0. The SMILES string of the molecule is COc1ccc2sc(C(=O)Nc3ccccc3C#N)c(Cl)c2c1. The summed E-state index contributed by atoms with van der Waals surface area (Å²) >= 11 is 7.65. The first-order valence-corrected chi connectivity index (χ1v) is 7.90. The Balaban J connectivity index is 1.98. The zero-order valence-corrected chi connectivity index (χ0v) is 13.7. The third-order valence-corrected chi connectivity index (χ3v) is 5.01. The molecule has 0 radical (unpaired) electrons. The van der Waals surface area contributed by atoms with Gasteiger partial charge in [-0.2, -0.15) is 5.26 Å². The number of nitrogens with one attached hydrogen (secondary N) is 1.